The lowest BCUT2D eigenvalue weighted by molar-refractivity contribution is 0.0751. The lowest BCUT2D eigenvalue weighted by atomic mass is 10.1. The average molecular weight is 365 g/mol. The van der Waals surface area contributed by atoms with Crippen molar-refractivity contribution in [2.75, 3.05) is 31.1 Å². The predicted octanol–water partition coefficient (Wildman–Crippen LogP) is 3.78. The molecule has 21 heavy (non-hydrogen) atoms. The zero-order chi connectivity index (χ0) is 14.8. The molecule has 0 unspecified atom stereocenters. The van der Waals surface area contributed by atoms with Gasteiger partial charge in [0, 0.05) is 36.3 Å². The van der Waals surface area contributed by atoms with Crippen molar-refractivity contribution in [3.63, 3.8) is 0 Å². The zero-order valence-corrected chi connectivity index (χ0v) is 14.3. The molecule has 1 aromatic carbocycles. The number of piperazine rings is 1. The highest BCUT2D eigenvalue weighted by atomic mass is 79.9. The Morgan fingerprint density at radius 1 is 1.19 bits per heavy atom. The summed E-state index contributed by atoms with van der Waals surface area (Å²) in [4.78, 5) is 17.5. The molecule has 0 spiro atoms. The summed E-state index contributed by atoms with van der Waals surface area (Å²) < 4.78 is 1.11. The third kappa shape index (κ3) is 3.14. The van der Waals surface area contributed by atoms with Gasteiger partial charge in [-0.1, -0.05) is 22.0 Å². The van der Waals surface area contributed by atoms with Crippen molar-refractivity contribution < 1.29 is 4.79 Å². The molecule has 2 aromatic rings. The zero-order valence-electron chi connectivity index (χ0n) is 11.9. The minimum absolute atomic E-state index is 0.164. The van der Waals surface area contributed by atoms with Gasteiger partial charge < -0.3 is 9.80 Å². The average Bonchev–Trinajstić information content (AvgIpc) is 3.01. The topological polar surface area (TPSA) is 23.6 Å². The van der Waals surface area contributed by atoms with Gasteiger partial charge in [0.25, 0.3) is 5.91 Å². The second-order valence-electron chi connectivity index (χ2n) is 5.19. The molecule has 1 aliphatic heterocycles. The van der Waals surface area contributed by atoms with E-state index in [4.69, 9.17) is 0 Å². The summed E-state index contributed by atoms with van der Waals surface area (Å²) >= 11 is 5.02. The maximum atomic E-state index is 12.3. The molecule has 3 nitrogen and oxygen atoms in total. The van der Waals surface area contributed by atoms with Gasteiger partial charge in [0.15, 0.2) is 0 Å². The third-order valence-electron chi connectivity index (χ3n) is 3.80. The lowest BCUT2D eigenvalue weighted by Gasteiger charge is -2.36. The van der Waals surface area contributed by atoms with E-state index >= 15 is 0 Å². The standard InChI is InChI=1S/C16H17BrN2OS/c1-12-11-13(17)4-5-14(12)18-6-8-19(9-7-18)16(20)15-3-2-10-21-15/h2-5,10-11H,6-9H2,1H3. The van der Waals surface area contributed by atoms with Crippen LogP contribution in [0.3, 0.4) is 0 Å². The van der Waals surface area contributed by atoms with E-state index in [9.17, 15) is 4.79 Å². The van der Waals surface area contributed by atoms with Crippen LogP contribution in [0.2, 0.25) is 0 Å². The number of benzene rings is 1. The highest BCUT2D eigenvalue weighted by molar-refractivity contribution is 9.10. The Balaban J connectivity index is 1.66. The van der Waals surface area contributed by atoms with Crippen LogP contribution in [0.5, 0.6) is 0 Å². The molecule has 110 valence electrons. The van der Waals surface area contributed by atoms with Crippen LogP contribution >= 0.6 is 27.3 Å². The SMILES string of the molecule is Cc1cc(Br)ccc1N1CCN(C(=O)c2cccs2)CC1. The summed E-state index contributed by atoms with van der Waals surface area (Å²) in [7, 11) is 0. The second kappa shape index (κ2) is 6.20. The molecule has 1 fully saturated rings. The van der Waals surface area contributed by atoms with Gasteiger partial charge in [-0.05, 0) is 42.1 Å². The summed E-state index contributed by atoms with van der Waals surface area (Å²) in [6, 6.07) is 10.2. The number of thiophene rings is 1. The van der Waals surface area contributed by atoms with E-state index in [0.717, 1.165) is 35.5 Å². The number of carbonyl (C=O) groups excluding carboxylic acids is 1. The Hall–Kier alpha value is -1.33. The fourth-order valence-electron chi connectivity index (χ4n) is 2.68. The molecule has 3 rings (SSSR count). The number of hydrogen-bond acceptors (Lipinski definition) is 3. The van der Waals surface area contributed by atoms with Gasteiger partial charge in [0.2, 0.25) is 0 Å². The van der Waals surface area contributed by atoms with Crippen LogP contribution in [0.4, 0.5) is 5.69 Å². The normalized spacial score (nSPS) is 15.3. The molecule has 1 amide bonds. The molecular formula is C16H17BrN2OS. The molecule has 0 atom stereocenters. The van der Waals surface area contributed by atoms with Crippen molar-refractivity contribution in [3.8, 4) is 0 Å². The van der Waals surface area contributed by atoms with E-state index in [2.05, 4.69) is 46.0 Å². The van der Waals surface area contributed by atoms with E-state index in [0.29, 0.717) is 0 Å². The minimum atomic E-state index is 0.164. The highest BCUT2D eigenvalue weighted by Crippen LogP contribution is 2.25. The first-order chi connectivity index (χ1) is 10.1. The summed E-state index contributed by atoms with van der Waals surface area (Å²) in [6.45, 7) is 5.47. The number of amides is 1. The van der Waals surface area contributed by atoms with Gasteiger partial charge in [-0.3, -0.25) is 4.79 Å². The van der Waals surface area contributed by atoms with Crippen molar-refractivity contribution in [2.45, 2.75) is 6.92 Å². The van der Waals surface area contributed by atoms with Crippen LogP contribution in [0.15, 0.2) is 40.2 Å². The maximum absolute atomic E-state index is 12.3. The fraction of sp³-hybridized carbons (Fsp3) is 0.312. The minimum Gasteiger partial charge on any atom is -0.368 e. The molecule has 0 bridgehead atoms. The molecule has 1 saturated heterocycles. The van der Waals surface area contributed by atoms with Crippen LogP contribution < -0.4 is 4.90 Å². The number of halogens is 1. The second-order valence-corrected chi connectivity index (χ2v) is 7.05. The van der Waals surface area contributed by atoms with Gasteiger partial charge >= 0.3 is 0 Å². The summed E-state index contributed by atoms with van der Waals surface area (Å²) in [6.07, 6.45) is 0. The van der Waals surface area contributed by atoms with Crippen molar-refractivity contribution in [1.29, 1.82) is 0 Å². The lowest BCUT2D eigenvalue weighted by Crippen LogP contribution is -2.48. The Kier molecular flexibility index (Phi) is 4.31. The van der Waals surface area contributed by atoms with Gasteiger partial charge in [0.05, 0.1) is 4.88 Å². The summed E-state index contributed by atoms with van der Waals surface area (Å²) in [5.74, 6) is 0.164. The van der Waals surface area contributed by atoms with Crippen LogP contribution in [-0.4, -0.2) is 37.0 Å². The van der Waals surface area contributed by atoms with Gasteiger partial charge in [-0.2, -0.15) is 0 Å². The number of rotatable bonds is 2. The first-order valence-corrected chi connectivity index (χ1v) is 8.66. The first kappa shape index (κ1) is 14.6. The van der Waals surface area contributed by atoms with Gasteiger partial charge in [0.1, 0.15) is 0 Å². The monoisotopic (exact) mass is 364 g/mol. The Labute approximate surface area is 137 Å². The van der Waals surface area contributed by atoms with Crippen molar-refractivity contribution in [3.05, 3.63) is 50.6 Å². The molecule has 0 aliphatic carbocycles. The van der Waals surface area contributed by atoms with Crippen LogP contribution in [0, 0.1) is 6.92 Å². The molecule has 5 heteroatoms. The van der Waals surface area contributed by atoms with Crippen molar-refractivity contribution in [1.82, 2.24) is 4.90 Å². The van der Waals surface area contributed by atoms with E-state index in [1.807, 2.05) is 22.4 Å². The van der Waals surface area contributed by atoms with Crippen molar-refractivity contribution in [2.24, 2.45) is 0 Å². The smallest absolute Gasteiger partial charge is 0.264 e. The molecule has 2 heterocycles. The summed E-state index contributed by atoms with van der Waals surface area (Å²) in [5.41, 5.74) is 2.53. The maximum Gasteiger partial charge on any atom is 0.264 e. The van der Waals surface area contributed by atoms with Gasteiger partial charge in [-0.25, -0.2) is 0 Å². The quantitative estimate of drug-likeness (QED) is 0.809. The largest absolute Gasteiger partial charge is 0.368 e. The van der Waals surface area contributed by atoms with E-state index < -0.39 is 0 Å². The number of hydrogen-bond donors (Lipinski definition) is 0. The summed E-state index contributed by atoms with van der Waals surface area (Å²) in [5, 5.41) is 1.95. The van der Waals surface area contributed by atoms with Crippen LogP contribution in [-0.2, 0) is 0 Å². The Bertz CT molecular complexity index is 634. The number of nitrogens with zero attached hydrogens (tertiary/aromatic N) is 2. The van der Waals surface area contributed by atoms with Crippen LogP contribution in [0.25, 0.3) is 0 Å². The van der Waals surface area contributed by atoms with Gasteiger partial charge in [-0.15, -0.1) is 11.3 Å². The van der Waals surface area contributed by atoms with Crippen LogP contribution in [0.1, 0.15) is 15.2 Å². The molecule has 0 N–H and O–H groups in total. The molecular weight excluding hydrogens is 348 g/mol. The van der Waals surface area contributed by atoms with E-state index in [1.54, 1.807) is 0 Å². The van der Waals surface area contributed by atoms with E-state index in [-0.39, 0.29) is 5.91 Å². The van der Waals surface area contributed by atoms with E-state index in [1.165, 1.54) is 22.6 Å². The number of anilines is 1. The molecule has 0 saturated carbocycles. The molecule has 0 radical (unpaired) electrons. The third-order valence-corrected chi connectivity index (χ3v) is 5.15. The first-order valence-electron chi connectivity index (χ1n) is 6.99. The highest BCUT2D eigenvalue weighted by Gasteiger charge is 2.23. The Morgan fingerprint density at radius 3 is 2.57 bits per heavy atom. The molecule has 1 aliphatic rings. The molecule has 1 aromatic heterocycles. The Morgan fingerprint density at radius 2 is 1.95 bits per heavy atom. The predicted molar refractivity (Wildman–Crippen MR) is 91.3 cm³/mol. The number of aryl methyl sites for hydroxylation is 1. The fourth-order valence-corrected chi connectivity index (χ4v) is 3.85. The number of carbonyl (C=O) groups is 1. The van der Waals surface area contributed by atoms with Crippen molar-refractivity contribution >= 4 is 38.9 Å².